The lowest BCUT2D eigenvalue weighted by Gasteiger charge is -2.33. The Morgan fingerprint density at radius 1 is 1.64 bits per heavy atom. The fraction of sp³-hybridized carbons (Fsp3) is 1.00. The zero-order chi connectivity index (χ0) is 10.4. The van der Waals surface area contributed by atoms with Gasteiger partial charge in [-0.1, -0.05) is 6.92 Å². The summed E-state index contributed by atoms with van der Waals surface area (Å²) in [7, 11) is 0. The van der Waals surface area contributed by atoms with Gasteiger partial charge in [0.05, 0.1) is 12.7 Å². The first-order chi connectivity index (χ1) is 6.76. The third-order valence-corrected chi connectivity index (χ3v) is 2.67. The normalized spacial score (nSPS) is 26.4. The molecule has 1 heterocycles. The monoisotopic (exact) mass is 202 g/mol. The Bertz CT molecular complexity index is 155. The molecule has 0 aromatic rings. The van der Waals surface area contributed by atoms with Gasteiger partial charge in [0.25, 0.3) is 0 Å². The Morgan fingerprint density at radius 2 is 2.43 bits per heavy atom. The van der Waals surface area contributed by atoms with Crippen molar-refractivity contribution >= 4 is 0 Å². The number of aliphatic hydroxyl groups is 1. The zero-order valence-corrected chi connectivity index (χ0v) is 8.98. The van der Waals surface area contributed by atoms with Gasteiger partial charge in [0.15, 0.2) is 0 Å². The lowest BCUT2D eigenvalue weighted by atomic mass is 10.1. The summed E-state index contributed by atoms with van der Waals surface area (Å²) in [5, 5.41) is 8.74. The molecule has 2 atom stereocenters. The Hall–Kier alpha value is -0.160. The average molecular weight is 202 g/mol. The summed E-state index contributed by atoms with van der Waals surface area (Å²) in [6, 6.07) is 0.0932. The lowest BCUT2D eigenvalue weighted by molar-refractivity contribution is -0.0315. The van der Waals surface area contributed by atoms with E-state index in [1.165, 1.54) is 0 Å². The van der Waals surface area contributed by atoms with Crippen LogP contribution in [0.5, 0.6) is 0 Å². The van der Waals surface area contributed by atoms with Crippen LogP contribution in [0.1, 0.15) is 19.8 Å². The molecule has 0 radical (unpaired) electrons. The molecule has 0 aromatic heterocycles. The van der Waals surface area contributed by atoms with E-state index in [0.717, 1.165) is 32.7 Å². The first kappa shape index (κ1) is 11.9. The smallest absolute Gasteiger partial charge is 0.0700 e. The molecule has 1 saturated heterocycles. The number of aliphatic hydroxyl groups excluding tert-OH is 1. The molecule has 1 aliphatic rings. The lowest BCUT2D eigenvalue weighted by Crippen LogP contribution is -2.47. The molecule has 1 fully saturated rings. The summed E-state index contributed by atoms with van der Waals surface area (Å²) >= 11 is 0. The van der Waals surface area contributed by atoms with E-state index >= 15 is 0 Å². The van der Waals surface area contributed by atoms with E-state index in [2.05, 4.69) is 11.8 Å². The largest absolute Gasteiger partial charge is 0.396 e. The Kier molecular flexibility index (Phi) is 5.40. The third kappa shape index (κ3) is 3.92. The molecule has 0 spiro atoms. The minimum atomic E-state index is 0.0932. The number of nitrogens with zero attached hydrogens (tertiary/aromatic N) is 1. The first-order valence-corrected chi connectivity index (χ1v) is 5.46. The highest BCUT2D eigenvalue weighted by molar-refractivity contribution is 4.74. The van der Waals surface area contributed by atoms with Crippen LogP contribution in [0.4, 0.5) is 0 Å². The highest BCUT2D eigenvalue weighted by Crippen LogP contribution is 2.08. The first-order valence-electron chi connectivity index (χ1n) is 5.46. The number of hydrogen-bond acceptors (Lipinski definition) is 4. The van der Waals surface area contributed by atoms with Gasteiger partial charge in [-0.2, -0.15) is 0 Å². The van der Waals surface area contributed by atoms with Gasteiger partial charge < -0.3 is 15.6 Å². The third-order valence-electron chi connectivity index (χ3n) is 2.67. The summed E-state index contributed by atoms with van der Waals surface area (Å²) in [6.45, 7) is 5.96. The maximum absolute atomic E-state index is 8.74. The summed E-state index contributed by atoms with van der Waals surface area (Å²) in [5.41, 5.74) is 5.86. The van der Waals surface area contributed by atoms with Crippen LogP contribution in [0.25, 0.3) is 0 Å². The highest BCUT2D eigenvalue weighted by atomic mass is 16.5. The molecule has 0 amide bonds. The van der Waals surface area contributed by atoms with Gasteiger partial charge in [-0.25, -0.2) is 0 Å². The molecule has 14 heavy (non-hydrogen) atoms. The number of ether oxygens (including phenoxy) is 1. The number of nitrogens with two attached hydrogens (primary N) is 1. The second-order valence-electron chi connectivity index (χ2n) is 3.93. The Balaban J connectivity index is 2.22. The molecule has 4 heteroatoms. The number of hydrogen-bond donors (Lipinski definition) is 2. The Morgan fingerprint density at radius 3 is 3.07 bits per heavy atom. The van der Waals surface area contributed by atoms with Crippen LogP contribution in [0, 0.1) is 0 Å². The molecule has 3 N–H and O–H groups in total. The van der Waals surface area contributed by atoms with E-state index in [9.17, 15) is 0 Å². The molecule has 84 valence electrons. The molecule has 0 bridgehead atoms. The van der Waals surface area contributed by atoms with Gasteiger partial charge in [-0.3, -0.25) is 4.90 Å². The quantitative estimate of drug-likeness (QED) is 0.648. The van der Waals surface area contributed by atoms with E-state index in [1.54, 1.807) is 0 Å². The second-order valence-corrected chi connectivity index (χ2v) is 3.93. The number of rotatable bonds is 5. The summed E-state index contributed by atoms with van der Waals surface area (Å²) in [5.74, 6) is 0. The molecule has 2 unspecified atom stereocenters. The highest BCUT2D eigenvalue weighted by Gasteiger charge is 2.20. The molecule has 0 aliphatic carbocycles. The SMILES string of the molecule is CCC1CN(CC(N)CCO)CCO1. The second kappa shape index (κ2) is 6.35. The van der Waals surface area contributed by atoms with Crippen LogP contribution in [-0.2, 0) is 4.74 Å². The van der Waals surface area contributed by atoms with Crippen molar-refractivity contribution in [2.45, 2.75) is 31.9 Å². The maximum Gasteiger partial charge on any atom is 0.0700 e. The van der Waals surface area contributed by atoms with Gasteiger partial charge in [0, 0.05) is 32.3 Å². The topological polar surface area (TPSA) is 58.7 Å². The maximum atomic E-state index is 8.74. The van der Waals surface area contributed by atoms with Crippen LogP contribution in [0.3, 0.4) is 0 Å². The molecule has 1 rings (SSSR count). The Labute approximate surface area is 86.0 Å². The van der Waals surface area contributed by atoms with E-state index in [4.69, 9.17) is 15.6 Å². The summed E-state index contributed by atoms with van der Waals surface area (Å²) in [6.07, 6.45) is 2.12. The van der Waals surface area contributed by atoms with Crippen LogP contribution in [-0.4, -0.2) is 55.0 Å². The van der Waals surface area contributed by atoms with Crippen molar-refractivity contribution in [2.75, 3.05) is 32.8 Å². The van der Waals surface area contributed by atoms with E-state index in [1.807, 2.05) is 0 Å². The fourth-order valence-corrected chi connectivity index (χ4v) is 1.78. The molecule has 4 nitrogen and oxygen atoms in total. The zero-order valence-electron chi connectivity index (χ0n) is 8.98. The molecule has 1 aliphatic heterocycles. The van der Waals surface area contributed by atoms with Crippen molar-refractivity contribution in [1.29, 1.82) is 0 Å². The van der Waals surface area contributed by atoms with Crippen LogP contribution in [0.2, 0.25) is 0 Å². The van der Waals surface area contributed by atoms with E-state index in [0.29, 0.717) is 12.5 Å². The van der Waals surface area contributed by atoms with Crippen molar-refractivity contribution < 1.29 is 9.84 Å². The molecular weight excluding hydrogens is 180 g/mol. The standard InChI is InChI=1S/C10H22N2O2/c1-2-10-8-12(4-6-14-10)7-9(11)3-5-13/h9-10,13H,2-8,11H2,1H3. The molecular formula is C10H22N2O2. The van der Waals surface area contributed by atoms with Gasteiger partial charge in [-0.15, -0.1) is 0 Å². The van der Waals surface area contributed by atoms with Crippen LogP contribution in [0.15, 0.2) is 0 Å². The van der Waals surface area contributed by atoms with Crippen LogP contribution < -0.4 is 5.73 Å². The summed E-state index contributed by atoms with van der Waals surface area (Å²) in [4.78, 5) is 2.33. The average Bonchev–Trinajstić information content (AvgIpc) is 2.18. The van der Waals surface area contributed by atoms with E-state index < -0.39 is 0 Å². The van der Waals surface area contributed by atoms with Crippen molar-refractivity contribution in [3.63, 3.8) is 0 Å². The minimum absolute atomic E-state index is 0.0932. The van der Waals surface area contributed by atoms with Crippen molar-refractivity contribution in [3.8, 4) is 0 Å². The van der Waals surface area contributed by atoms with E-state index in [-0.39, 0.29) is 12.6 Å². The van der Waals surface area contributed by atoms with Crippen molar-refractivity contribution in [2.24, 2.45) is 5.73 Å². The van der Waals surface area contributed by atoms with Crippen LogP contribution >= 0.6 is 0 Å². The predicted octanol–water partition coefficient (Wildman–Crippen LogP) is -0.193. The fourth-order valence-electron chi connectivity index (χ4n) is 1.78. The van der Waals surface area contributed by atoms with Crippen molar-refractivity contribution in [3.05, 3.63) is 0 Å². The molecule has 0 aromatic carbocycles. The van der Waals surface area contributed by atoms with Crippen molar-refractivity contribution in [1.82, 2.24) is 4.90 Å². The molecule has 0 saturated carbocycles. The predicted molar refractivity (Wildman–Crippen MR) is 56.1 cm³/mol. The minimum Gasteiger partial charge on any atom is -0.396 e. The summed E-state index contributed by atoms with van der Waals surface area (Å²) < 4.78 is 5.57. The van der Waals surface area contributed by atoms with Gasteiger partial charge in [0.2, 0.25) is 0 Å². The van der Waals surface area contributed by atoms with Gasteiger partial charge >= 0.3 is 0 Å². The van der Waals surface area contributed by atoms with Gasteiger partial charge in [-0.05, 0) is 12.8 Å². The van der Waals surface area contributed by atoms with Gasteiger partial charge in [0.1, 0.15) is 0 Å². The number of morpholine rings is 1.